The quantitative estimate of drug-likeness (QED) is 0.573. The molecule has 0 unspecified atom stereocenters. The van der Waals surface area contributed by atoms with Gasteiger partial charge in [-0.3, -0.25) is 0 Å². The van der Waals surface area contributed by atoms with Crippen molar-refractivity contribution in [1.82, 2.24) is 0 Å². The Morgan fingerprint density at radius 1 is 1.15 bits per heavy atom. The third-order valence-electron chi connectivity index (χ3n) is 1.78. The van der Waals surface area contributed by atoms with E-state index >= 15 is 0 Å². The Morgan fingerprint density at radius 2 is 1.62 bits per heavy atom. The largest absolute Gasteiger partial charge is 0.507 e. The van der Waals surface area contributed by atoms with Gasteiger partial charge in [0.25, 0.3) is 0 Å². The van der Waals surface area contributed by atoms with Crippen molar-refractivity contribution in [3.63, 3.8) is 0 Å². The first-order valence-corrected chi connectivity index (χ1v) is 3.76. The number of phenols is 1. The molecule has 0 radical (unpaired) electrons. The van der Waals surface area contributed by atoms with Crippen molar-refractivity contribution in [3.8, 4) is 18.1 Å². The molecular formula is C10H10O3. The summed E-state index contributed by atoms with van der Waals surface area (Å²) in [5.74, 6) is 2.28. The van der Waals surface area contributed by atoms with Crippen molar-refractivity contribution < 1.29 is 15.3 Å². The number of benzene rings is 1. The number of aromatic hydroxyl groups is 1. The summed E-state index contributed by atoms with van der Waals surface area (Å²) in [6, 6.07) is 3.02. The third-order valence-corrected chi connectivity index (χ3v) is 1.78. The zero-order valence-corrected chi connectivity index (χ0v) is 6.99. The molecule has 1 rings (SSSR count). The van der Waals surface area contributed by atoms with Crippen LogP contribution in [0.25, 0.3) is 0 Å². The molecular weight excluding hydrogens is 168 g/mol. The van der Waals surface area contributed by atoms with Crippen LogP contribution in [-0.2, 0) is 13.2 Å². The molecule has 13 heavy (non-hydrogen) atoms. The lowest BCUT2D eigenvalue weighted by Gasteiger charge is -2.06. The number of aliphatic hydroxyl groups excluding tert-OH is 2. The maximum atomic E-state index is 9.42. The van der Waals surface area contributed by atoms with Gasteiger partial charge < -0.3 is 15.3 Å². The first-order chi connectivity index (χ1) is 6.22. The average molecular weight is 178 g/mol. The molecule has 0 aromatic heterocycles. The van der Waals surface area contributed by atoms with Gasteiger partial charge >= 0.3 is 0 Å². The van der Waals surface area contributed by atoms with Gasteiger partial charge in [0.2, 0.25) is 0 Å². The van der Waals surface area contributed by atoms with Crippen LogP contribution in [0.2, 0.25) is 0 Å². The Morgan fingerprint density at radius 3 is 1.92 bits per heavy atom. The van der Waals surface area contributed by atoms with Gasteiger partial charge in [0, 0.05) is 16.7 Å². The van der Waals surface area contributed by atoms with Crippen molar-refractivity contribution >= 4 is 0 Å². The van der Waals surface area contributed by atoms with E-state index in [2.05, 4.69) is 5.92 Å². The van der Waals surface area contributed by atoms with Gasteiger partial charge in [0.1, 0.15) is 5.75 Å². The summed E-state index contributed by atoms with van der Waals surface area (Å²) in [7, 11) is 0. The van der Waals surface area contributed by atoms with Crippen LogP contribution in [0.3, 0.4) is 0 Å². The fourth-order valence-corrected chi connectivity index (χ4v) is 1.08. The highest BCUT2D eigenvalue weighted by molar-refractivity contribution is 5.47. The summed E-state index contributed by atoms with van der Waals surface area (Å²) in [6.45, 7) is -0.595. The van der Waals surface area contributed by atoms with E-state index in [0.29, 0.717) is 16.7 Å². The summed E-state index contributed by atoms with van der Waals surface area (Å²) in [6.07, 6.45) is 5.15. The minimum Gasteiger partial charge on any atom is -0.507 e. The Hall–Kier alpha value is -1.50. The molecule has 0 fully saturated rings. The van der Waals surface area contributed by atoms with Crippen LogP contribution in [0, 0.1) is 12.3 Å². The van der Waals surface area contributed by atoms with Crippen molar-refractivity contribution in [2.75, 3.05) is 0 Å². The van der Waals surface area contributed by atoms with Crippen LogP contribution >= 0.6 is 0 Å². The lowest BCUT2D eigenvalue weighted by Crippen LogP contribution is -1.93. The van der Waals surface area contributed by atoms with Crippen molar-refractivity contribution in [2.24, 2.45) is 0 Å². The smallest absolute Gasteiger partial charge is 0.126 e. The second kappa shape index (κ2) is 3.94. The van der Waals surface area contributed by atoms with Gasteiger partial charge in [-0.05, 0) is 12.1 Å². The SMILES string of the molecule is C#Cc1cc(CO)c(O)c(CO)c1. The Balaban J connectivity index is 3.30. The summed E-state index contributed by atoms with van der Waals surface area (Å²) in [4.78, 5) is 0. The molecule has 0 aliphatic heterocycles. The number of rotatable bonds is 2. The predicted molar refractivity (Wildman–Crippen MR) is 47.9 cm³/mol. The molecule has 0 saturated heterocycles. The molecule has 68 valence electrons. The van der Waals surface area contributed by atoms with Crippen LogP contribution in [0.4, 0.5) is 0 Å². The van der Waals surface area contributed by atoms with Gasteiger partial charge in [-0.25, -0.2) is 0 Å². The van der Waals surface area contributed by atoms with Crippen molar-refractivity contribution in [1.29, 1.82) is 0 Å². The Bertz CT molecular complexity index is 325. The van der Waals surface area contributed by atoms with Crippen LogP contribution in [0.1, 0.15) is 16.7 Å². The number of aliphatic hydroxyl groups is 2. The first-order valence-electron chi connectivity index (χ1n) is 3.76. The molecule has 1 aromatic carbocycles. The van der Waals surface area contributed by atoms with Crippen molar-refractivity contribution in [2.45, 2.75) is 13.2 Å². The average Bonchev–Trinajstić information content (AvgIpc) is 2.18. The van der Waals surface area contributed by atoms with Gasteiger partial charge in [-0.1, -0.05) is 5.92 Å². The molecule has 0 aliphatic rings. The first kappa shape index (κ1) is 9.59. The van der Waals surface area contributed by atoms with E-state index in [-0.39, 0.29) is 19.0 Å². The minimum absolute atomic E-state index is 0.0935. The molecule has 3 nitrogen and oxygen atoms in total. The Labute approximate surface area is 76.3 Å². The monoisotopic (exact) mass is 178 g/mol. The van der Waals surface area contributed by atoms with Crippen LogP contribution in [0.5, 0.6) is 5.75 Å². The fourth-order valence-electron chi connectivity index (χ4n) is 1.08. The summed E-state index contributed by atoms with van der Waals surface area (Å²) >= 11 is 0. The number of terminal acetylenes is 1. The topological polar surface area (TPSA) is 60.7 Å². The van der Waals surface area contributed by atoms with Gasteiger partial charge in [0.15, 0.2) is 0 Å². The van der Waals surface area contributed by atoms with Crippen LogP contribution in [0.15, 0.2) is 12.1 Å². The molecule has 3 heteroatoms. The molecule has 0 saturated carbocycles. The summed E-state index contributed by atoms with van der Waals surface area (Å²) in [5, 5.41) is 27.1. The molecule has 0 atom stereocenters. The molecule has 0 amide bonds. The number of hydrogen-bond acceptors (Lipinski definition) is 3. The van der Waals surface area contributed by atoms with E-state index in [4.69, 9.17) is 16.6 Å². The molecule has 0 spiro atoms. The van der Waals surface area contributed by atoms with Gasteiger partial charge in [0.05, 0.1) is 13.2 Å². The number of hydrogen-bond donors (Lipinski definition) is 3. The van der Waals surface area contributed by atoms with Crippen molar-refractivity contribution in [3.05, 3.63) is 28.8 Å². The lowest BCUT2D eigenvalue weighted by molar-refractivity contribution is 0.263. The maximum absolute atomic E-state index is 9.42. The zero-order chi connectivity index (χ0) is 9.84. The van der Waals surface area contributed by atoms with Gasteiger partial charge in [-0.15, -0.1) is 6.42 Å². The lowest BCUT2D eigenvalue weighted by atomic mass is 10.1. The van der Waals surface area contributed by atoms with Crippen LogP contribution in [-0.4, -0.2) is 15.3 Å². The van der Waals surface area contributed by atoms with E-state index < -0.39 is 0 Å². The maximum Gasteiger partial charge on any atom is 0.126 e. The highest BCUT2D eigenvalue weighted by atomic mass is 16.3. The zero-order valence-electron chi connectivity index (χ0n) is 6.99. The molecule has 0 bridgehead atoms. The summed E-state index contributed by atoms with van der Waals surface area (Å²) < 4.78 is 0. The molecule has 1 aromatic rings. The van der Waals surface area contributed by atoms with E-state index in [9.17, 15) is 5.11 Å². The van der Waals surface area contributed by atoms with E-state index in [1.165, 1.54) is 12.1 Å². The van der Waals surface area contributed by atoms with Crippen LogP contribution < -0.4 is 0 Å². The van der Waals surface area contributed by atoms with E-state index in [1.807, 2.05) is 0 Å². The van der Waals surface area contributed by atoms with E-state index in [1.54, 1.807) is 0 Å². The fraction of sp³-hybridized carbons (Fsp3) is 0.200. The second-order valence-corrected chi connectivity index (χ2v) is 2.60. The second-order valence-electron chi connectivity index (χ2n) is 2.60. The Kier molecular flexibility index (Phi) is 2.91. The molecule has 0 heterocycles. The molecule has 3 N–H and O–H groups in total. The third kappa shape index (κ3) is 1.81. The standard InChI is InChI=1S/C10H10O3/c1-2-7-3-8(5-11)10(13)9(4-7)6-12/h1,3-4,11-13H,5-6H2. The predicted octanol–water partition coefficient (Wildman–Crippen LogP) is 0.358. The summed E-state index contributed by atoms with van der Waals surface area (Å²) in [5.41, 5.74) is 1.20. The normalized spacial score (nSPS) is 9.62. The highest BCUT2D eigenvalue weighted by Gasteiger charge is 2.07. The van der Waals surface area contributed by atoms with Gasteiger partial charge in [-0.2, -0.15) is 0 Å². The molecule has 0 aliphatic carbocycles. The highest BCUT2D eigenvalue weighted by Crippen LogP contribution is 2.24. The van der Waals surface area contributed by atoms with E-state index in [0.717, 1.165) is 0 Å². The minimum atomic E-state index is -0.297.